The summed E-state index contributed by atoms with van der Waals surface area (Å²) in [5, 5.41) is 12.8. The standard InChI is InChI=1S/3C22H21N3O2.C21H19N3O2.C21H17N3O.6CH4/c1-22(2)10-8-20-24-19-12-15(5-7-18(19)21(26)25(20)14-22)4-6-16-13-17(27-3)9-11-23-16;1-22(2)12-11-19-24-18-13-15(8-10-17(18)21(26)25(19)14-22)7-9-16-5-4-6-20(23-16)27-3;1-22(15-27-2)11-10-20-24-19-13-16(6-8-17-5-3-4-12-23-17)7-9-18(19)21(26)25(20)14-22;1-21(14-25)10-9-19-23-18-12-15(5-7-16-4-2-3-11-22-16)6-8-17(18)20(26)24(19)13-21;1-21-11-15(21)13-24-19(12-21)23-18-10-14(6-8-17(18)20(24)25)5-7-16-4-2-3-9-22-16;;;;;;/h5,7,9,11-13H,8,10,14H2,1-3H3;4-6,8,10,13H,11-12,14H2,1-3H3;3-5,7,9,12-13H,10-11,14-15H2,1-2H3;2-4,6,8,11-12,25H,9-10,13-14H2,1H3;2-4,6,8-10,15H,11-13H2,1H3;6*1H4. The summed E-state index contributed by atoms with van der Waals surface area (Å²) in [6.45, 7) is 19.3. The van der Waals surface area contributed by atoms with Gasteiger partial charge < -0.3 is 19.3 Å². The third kappa shape index (κ3) is 23.5. The van der Waals surface area contributed by atoms with E-state index in [0.717, 1.165) is 132 Å². The molecule has 138 heavy (non-hydrogen) atoms. The smallest absolute Gasteiger partial charge is 0.261 e. The summed E-state index contributed by atoms with van der Waals surface area (Å²) < 4.78 is 24.7. The highest BCUT2D eigenvalue weighted by molar-refractivity contribution is 5.83. The van der Waals surface area contributed by atoms with Crippen molar-refractivity contribution in [3.63, 3.8) is 0 Å². The first-order chi connectivity index (χ1) is 63.7. The van der Waals surface area contributed by atoms with E-state index >= 15 is 0 Å². The maximum atomic E-state index is 13.0. The first-order valence-corrected chi connectivity index (χ1v) is 44.3. The van der Waals surface area contributed by atoms with Gasteiger partial charge in [0.05, 0.1) is 81.9 Å². The van der Waals surface area contributed by atoms with Gasteiger partial charge in [-0.15, -0.1) is 0 Å². The maximum absolute atomic E-state index is 13.0. The molecular formula is C114H123N15O9. The van der Waals surface area contributed by atoms with Crippen LogP contribution in [0.15, 0.2) is 225 Å². The predicted octanol–water partition coefficient (Wildman–Crippen LogP) is 17.9. The second-order valence-electron chi connectivity index (χ2n) is 37.1. The number of methoxy groups -OCH3 is 3. The second-order valence-corrected chi connectivity index (χ2v) is 37.1. The molecule has 0 spiro atoms. The molecule has 1 fully saturated rings. The largest absolute Gasteiger partial charge is 0.497 e. The molecule has 5 aliphatic heterocycles. The molecule has 708 valence electrons. The van der Waals surface area contributed by atoms with Crippen molar-refractivity contribution in [1.29, 1.82) is 0 Å². The minimum Gasteiger partial charge on any atom is -0.497 e. The van der Waals surface area contributed by atoms with E-state index in [1.807, 2.05) is 177 Å². The van der Waals surface area contributed by atoms with E-state index in [4.69, 9.17) is 39.1 Å². The summed E-state index contributed by atoms with van der Waals surface area (Å²) in [5.41, 5.74) is 11.5. The van der Waals surface area contributed by atoms with Crippen molar-refractivity contribution in [2.24, 2.45) is 33.0 Å². The van der Waals surface area contributed by atoms with Gasteiger partial charge in [0.2, 0.25) is 5.88 Å². The first kappa shape index (κ1) is 103. The Morgan fingerprint density at radius 3 is 1.07 bits per heavy atom. The Hall–Kier alpha value is -15.1. The van der Waals surface area contributed by atoms with Crippen LogP contribution in [0.3, 0.4) is 0 Å². The molecule has 15 heterocycles. The Balaban J connectivity index is 0.000000164. The number of fused-ring (bicyclic) bond motifs is 11. The fourth-order valence-electron chi connectivity index (χ4n) is 17.5. The van der Waals surface area contributed by atoms with Crippen LogP contribution < -0.4 is 37.3 Å². The molecule has 4 unspecified atom stereocenters. The van der Waals surface area contributed by atoms with E-state index in [9.17, 15) is 29.1 Å². The van der Waals surface area contributed by atoms with Crippen LogP contribution >= 0.6 is 0 Å². The number of aliphatic hydroxyl groups is 1. The molecule has 6 aliphatic rings. The van der Waals surface area contributed by atoms with Gasteiger partial charge in [-0.2, -0.15) is 0 Å². The highest BCUT2D eigenvalue weighted by atomic mass is 16.5. The summed E-state index contributed by atoms with van der Waals surface area (Å²) in [6.07, 6.45) is 15.9. The van der Waals surface area contributed by atoms with Crippen molar-refractivity contribution < 1.29 is 19.3 Å². The summed E-state index contributed by atoms with van der Waals surface area (Å²) >= 11 is 0. The van der Waals surface area contributed by atoms with Crippen LogP contribution in [0.5, 0.6) is 11.6 Å². The number of aryl methyl sites for hydroxylation is 4. The van der Waals surface area contributed by atoms with E-state index in [2.05, 4.69) is 126 Å². The van der Waals surface area contributed by atoms with Crippen molar-refractivity contribution in [2.75, 3.05) is 34.5 Å². The Labute approximate surface area is 808 Å². The van der Waals surface area contributed by atoms with Gasteiger partial charge in [-0.3, -0.25) is 46.8 Å². The zero-order valence-corrected chi connectivity index (χ0v) is 75.6. The molecule has 0 saturated heterocycles. The van der Waals surface area contributed by atoms with E-state index in [-0.39, 0.29) is 101 Å². The molecule has 0 bridgehead atoms. The number of aromatic nitrogens is 15. The van der Waals surface area contributed by atoms with Gasteiger partial charge in [-0.1, -0.05) is 147 Å². The molecule has 1 aliphatic carbocycles. The molecule has 0 radical (unpaired) electrons. The highest BCUT2D eigenvalue weighted by Crippen LogP contribution is 2.57. The molecule has 24 nitrogen and oxygen atoms in total. The van der Waals surface area contributed by atoms with Crippen LogP contribution in [-0.2, 0) is 69.6 Å². The summed E-state index contributed by atoms with van der Waals surface area (Å²) in [6, 6.07) is 53.7. The Morgan fingerprint density at radius 2 is 0.696 bits per heavy atom. The van der Waals surface area contributed by atoms with Gasteiger partial charge >= 0.3 is 0 Å². The minimum absolute atomic E-state index is 0. The van der Waals surface area contributed by atoms with Crippen molar-refractivity contribution in [3.05, 3.63) is 338 Å². The van der Waals surface area contributed by atoms with Crippen molar-refractivity contribution in [3.8, 4) is 70.8 Å². The van der Waals surface area contributed by atoms with Gasteiger partial charge in [0.25, 0.3) is 27.8 Å². The predicted molar refractivity (Wildman–Crippen MR) is 551 cm³/mol. The third-order valence-electron chi connectivity index (χ3n) is 25.3. The SMILES string of the molecule is C.C.C.C.C.C.CC1(CO)CCc2nc3cc(C#Cc4ccccn4)ccc3c(=O)n2C1.CC12Cc3nc4cc(C#Cc5ccccn5)ccc4c(=O)n3CC1C2.COCC1(C)CCc2nc3cc(C#Cc4ccccn4)ccc3c(=O)n2C1.COc1cccc(C#Cc2ccc3c(=O)n4c(nc3c2)CCC(C)(C)C4)n1.COc1ccnc(C#Cc2ccc3c(=O)n4c(nc3c2)CCC(C)(C)C4)c1. The fraction of sp³-hybridized carbons (Fsp3) is 0.342. The minimum atomic E-state index is -0.264. The molecule has 10 aromatic heterocycles. The lowest BCUT2D eigenvalue weighted by Crippen LogP contribution is -2.40. The van der Waals surface area contributed by atoms with Crippen LogP contribution in [0.25, 0.3) is 54.5 Å². The molecule has 1 N–H and O–H groups in total. The van der Waals surface area contributed by atoms with Crippen molar-refractivity contribution in [1.82, 2.24) is 72.7 Å². The Morgan fingerprint density at radius 1 is 0.348 bits per heavy atom. The highest BCUT2D eigenvalue weighted by Gasteiger charge is 2.53. The number of hydrogen-bond acceptors (Lipinski definition) is 19. The van der Waals surface area contributed by atoms with Crippen LogP contribution in [0.1, 0.15) is 211 Å². The number of pyridine rings is 5. The van der Waals surface area contributed by atoms with Gasteiger partial charge in [-0.25, -0.2) is 49.8 Å². The van der Waals surface area contributed by atoms with E-state index in [1.54, 1.807) is 74.9 Å². The van der Waals surface area contributed by atoms with Gasteiger partial charge in [0.15, 0.2) is 0 Å². The average molecular weight is 1850 g/mol. The van der Waals surface area contributed by atoms with Crippen molar-refractivity contribution in [2.45, 2.75) is 190 Å². The fourth-order valence-corrected chi connectivity index (χ4v) is 17.5. The van der Waals surface area contributed by atoms with E-state index in [0.29, 0.717) is 128 Å². The molecular weight excluding hydrogens is 1720 g/mol. The molecule has 1 saturated carbocycles. The zero-order valence-electron chi connectivity index (χ0n) is 75.6. The van der Waals surface area contributed by atoms with Crippen LogP contribution in [0.4, 0.5) is 0 Å². The molecule has 0 amide bonds. The van der Waals surface area contributed by atoms with Crippen LogP contribution in [0.2, 0.25) is 0 Å². The Kier molecular flexibility index (Phi) is 32.7. The molecule has 15 aromatic rings. The first-order valence-electron chi connectivity index (χ1n) is 44.3. The Bertz CT molecular complexity index is 7560. The zero-order chi connectivity index (χ0) is 92.1. The number of benzene rings is 5. The summed E-state index contributed by atoms with van der Waals surface area (Å²) in [7, 11) is 4.90. The molecule has 4 atom stereocenters. The maximum Gasteiger partial charge on any atom is 0.261 e. The molecule has 21 rings (SSSR count). The summed E-state index contributed by atoms with van der Waals surface area (Å²) in [4.78, 5) is 109. The van der Waals surface area contributed by atoms with E-state index in [1.165, 1.54) is 6.42 Å². The molecule has 5 aromatic carbocycles. The number of aliphatic hydroxyl groups excluding tert-OH is 1. The lowest BCUT2D eigenvalue weighted by molar-refractivity contribution is 0.0610. The lowest BCUT2D eigenvalue weighted by atomic mass is 9.83. The summed E-state index contributed by atoms with van der Waals surface area (Å²) in [5.74, 6) is 36.9. The van der Waals surface area contributed by atoms with Crippen molar-refractivity contribution >= 4 is 54.5 Å². The number of rotatable bonds is 5. The van der Waals surface area contributed by atoms with Gasteiger partial charge in [0, 0.05) is 148 Å². The molecule has 24 heteroatoms. The second kappa shape index (κ2) is 43.7. The number of nitrogens with zero attached hydrogens (tertiary/aromatic N) is 15. The van der Waals surface area contributed by atoms with Gasteiger partial charge in [0.1, 0.15) is 63.3 Å². The quantitative estimate of drug-likeness (QED) is 0.157. The lowest BCUT2D eigenvalue weighted by Gasteiger charge is -2.34. The topological polar surface area (TPSA) is 287 Å². The van der Waals surface area contributed by atoms with E-state index < -0.39 is 0 Å². The monoisotopic (exact) mass is 1850 g/mol. The van der Waals surface area contributed by atoms with Gasteiger partial charge in [-0.05, 0) is 223 Å². The number of hydrogen-bond donors (Lipinski definition) is 1. The average Bonchev–Trinajstić information content (AvgIpc) is 1.58. The normalized spacial score (nSPS) is 17.3. The van der Waals surface area contributed by atoms with Crippen LogP contribution in [-0.4, -0.2) is 112 Å². The number of ether oxygens (including phenoxy) is 3. The third-order valence-corrected chi connectivity index (χ3v) is 25.3. The van der Waals surface area contributed by atoms with Crippen LogP contribution in [0, 0.1) is 92.2 Å².